The molecule has 2 aromatic carbocycles. The zero-order chi connectivity index (χ0) is 15.5. The van der Waals surface area contributed by atoms with Crippen LogP contribution in [-0.4, -0.2) is 17.3 Å². The summed E-state index contributed by atoms with van der Waals surface area (Å²) in [6.07, 6.45) is 1.38. The van der Waals surface area contributed by atoms with Crippen LogP contribution in [0.5, 0.6) is 0 Å². The lowest BCUT2D eigenvalue weighted by atomic mass is 9.99. The first-order valence-corrected chi connectivity index (χ1v) is 7.24. The lowest BCUT2D eigenvalue weighted by Crippen LogP contribution is -2.05. The van der Waals surface area contributed by atoms with Crippen molar-refractivity contribution in [3.63, 3.8) is 0 Å². The van der Waals surface area contributed by atoms with Gasteiger partial charge in [0.25, 0.3) is 5.24 Å². The van der Waals surface area contributed by atoms with Gasteiger partial charge in [0.1, 0.15) is 11.8 Å². The normalized spacial score (nSPS) is 12.3. The number of aromatic nitrogens is 1. The first-order valence-electron chi connectivity index (χ1n) is 6.86. The largest absolute Gasteiger partial charge is 0.372 e. The maximum absolute atomic E-state index is 11.1. The van der Waals surface area contributed by atoms with E-state index in [9.17, 15) is 4.79 Å². The van der Waals surface area contributed by atoms with Gasteiger partial charge in [0.2, 0.25) is 0 Å². The maximum Gasteiger partial charge on any atom is 0.270 e. The Kier molecular flexibility index (Phi) is 4.18. The SMILES string of the molecule is COC(c1ccc(C(=O)Cl)nc1)c1ccc2ccccc2c1. The topological polar surface area (TPSA) is 39.2 Å². The second kappa shape index (κ2) is 6.26. The number of carbonyl (C=O) groups is 1. The van der Waals surface area contributed by atoms with Crippen LogP contribution in [0.4, 0.5) is 0 Å². The van der Waals surface area contributed by atoms with Gasteiger partial charge in [-0.15, -0.1) is 0 Å². The molecular weight excluding hydrogens is 298 g/mol. The molecule has 0 aliphatic rings. The lowest BCUT2D eigenvalue weighted by molar-refractivity contribution is 0.107. The summed E-state index contributed by atoms with van der Waals surface area (Å²) < 4.78 is 5.61. The molecule has 0 N–H and O–H groups in total. The smallest absolute Gasteiger partial charge is 0.270 e. The molecule has 3 aromatic rings. The minimum atomic E-state index is -0.564. The molecule has 3 rings (SSSR count). The van der Waals surface area contributed by atoms with Crippen LogP contribution < -0.4 is 0 Å². The molecule has 0 saturated heterocycles. The van der Waals surface area contributed by atoms with Crippen LogP contribution in [0, 0.1) is 0 Å². The van der Waals surface area contributed by atoms with E-state index in [1.807, 2.05) is 24.3 Å². The standard InChI is InChI=1S/C18H14ClNO2/c1-22-17(15-8-9-16(18(19)21)20-11-15)14-7-6-12-4-2-3-5-13(12)10-14/h2-11,17H,1H3. The van der Waals surface area contributed by atoms with Crippen molar-refractivity contribution in [2.75, 3.05) is 7.11 Å². The second-order valence-corrected chi connectivity index (χ2v) is 5.32. The summed E-state index contributed by atoms with van der Waals surface area (Å²) in [6.45, 7) is 0. The van der Waals surface area contributed by atoms with Crippen molar-refractivity contribution in [1.82, 2.24) is 4.98 Å². The zero-order valence-corrected chi connectivity index (χ0v) is 12.7. The van der Waals surface area contributed by atoms with Crippen LogP contribution in [0.1, 0.15) is 27.7 Å². The van der Waals surface area contributed by atoms with Crippen LogP contribution in [0.3, 0.4) is 0 Å². The van der Waals surface area contributed by atoms with Crippen molar-refractivity contribution in [2.24, 2.45) is 0 Å². The van der Waals surface area contributed by atoms with Crippen LogP contribution in [0.25, 0.3) is 10.8 Å². The van der Waals surface area contributed by atoms with Gasteiger partial charge in [-0.1, -0.05) is 42.5 Å². The van der Waals surface area contributed by atoms with E-state index in [1.54, 1.807) is 19.4 Å². The summed E-state index contributed by atoms with van der Waals surface area (Å²) in [6, 6.07) is 17.8. The number of halogens is 1. The van der Waals surface area contributed by atoms with E-state index >= 15 is 0 Å². The number of fused-ring (bicyclic) bond motifs is 1. The predicted molar refractivity (Wildman–Crippen MR) is 87.2 cm³/mol. The minimum Gasteiger partial charge on any atom is -0.372 e. The summed E-state index contributed by atoms with van der Waals surface area (Å²) in [5, 5.41) is 1.77. The molecular formula is C18H14ClNO2. The maximum atomic E-state index is 11.1. The van der Waals surface area contributed by atoms with E-state index in [2.05, 4.69) is 29.2 Å². The van der Waals surface area contributed by atoms with Gasteiger partial charge < -0.3 is 4.74 Å². The Balaban J connectivity index is 1.99. The van der Waals surface area contributed by atoms with Gasteiger partial charge >= 0.3 is 0 Å². The first kappa shape index (κ1) is 14.7. The fourth-order valence-corrected chi connectivity index (χ4v) is 2.62. The Bertz CT molecular complexity index is 815. The molecule has 0 bridgehead atoms. The number of nitrogens with zero attached hydrogens (tertiary/aromatic N) is 1. The number of ether oxygens (including phenoxy) is 1. The molecule has 1 aromatic heterocycles. The fraction of sp³-hybridized carbons (Fsp3) is 0.111. The van der Waals surface area contributed by atoms with E-state index in [0.29, 0.717) is 0 Å². The Hall–Kier alpha value is -2.23. The van der Waals surface area contributed by atoms with E-state index in [4.69, 9.17) is 16.3 Å². The lowest BCUT2D eigenvalue weighted by Gasteiger charge is -2.16. The molecule has 0 amide bonds. The van der Waals surface area contributed by atoms with E-state index < -0.39 is 5.24 Å². The highest BCUT2D eigenvalue weighted by Gasteiger charge is 2.15. The third-order valence-electron chi connectivity index (χ3n) is 3.60. The molecule has 1 atom stereocenters. The molecule has 1 unspecified atom stereocenters. The molecule has 4 heteroatoms. The number of benzene rings is 2. The Morgan fingerprint density at radius 3 is 2.41 bits per heavy atom. The minimum absolute atomic E-state index is 0.235. The van der Waals surface area contributed by atoms with Crippen molar-refractivity contribution < 1.29 is 9.53 Å². The quantitative estimate of drug-likeness (QED) is 0.672. The number of rotatable bonds is 4. The molecule has 0 fully saturated rings. The molecule has 0 spiro atoms. The molecule has 1 heterocycles. The highest BCUT2D eigenvalue weighted by atomic mass is 35.5. The summed E-state index contributed by atoms with van der Waals surface area (Å²) >= 11 is 5.42. The van der Waals surface area contributed by atoms with Gasteiger partial charge in [-0.3, -0.25) is 9.78 Å². The van der Waals surface area contributed by atoms with Crippen molar-refractivity contribution in [1.29, 1.82) is 0 Å². The third-order valence-corrected chi connectivity index (χ3v) is 3.80. The van der Waals surface area contributed by atoms with Gasteiger partial charge in [0, 0.05) is 18.9 Å². The third kappa shape index (κ3) is 2.86. The highest BCUT2D eigenvalue weighted by molar-refractivity contribution is 6.67. The summed E-state index contributed by atoms with van der Waals surface area (Å²) in [5.41, 5.74) is 2.14. The average molecular weight is 312 g/mol. The van der Waals surface area contributed by atoms with Crippen LogP contribution in [0.2, 0.25) is 0 Å². The molecule has 0 radical (unpaired) electrons. The fourth-order valence-electron chi connectivity index (χ4n) is 2.51. The van der Waals surface area contributed by atoms with Gasteiger partial charge in [0.15, 0.2) is 0 Å². The molecule has 0 aliphatic heterocycles. The van der Waals surface area contributed by atoms with Crippen LogP contribution in [-0.2, 0) is 4.74 Å². The molecule has 0 saturated carbocycles. The number of hydrogen-bond donors (Lipinski definition) is 0. The number of methoxy groups -OCH3 is 1. The van der Waals surface area contributed by atoms with Gasteiger partial charge in [-0.25, -0.2) is 0 Å². The molecule has 0 aliphatic carbocycles. The highest BCUT2D eigenvalue weighted by Crippen LogP contribution is 2.28. The van der Waals surface area contributed by atoms with Gasteiger partial charge in [-0.2, -0.15) is 0 Å². The summed E-state index contributed by atoms with van der Waals surface area (Å²) in [5.74, 6) is 0. The number of pyridine rings is 1. The Labute approximate surface area is 133 Å². The van der Waals surface area contributed by atoms with Crippen LogP contribution >= 0.6 is 11.6 Å². The molecule has 3 nitrogen and oxygen atoms in total. The van der Waals surface area contributed by atoms with Crippen LogP contribution in [0.15, 0.2) is 60.8 Å². The average Bonchev–Trinajstić information content (AvgIpc) is 2.56. The second-order valence-electron chi connectivity index (χ2n) is 4.97. The Morgan fingerprint density at radius 1 is 1.05 bits per heavy atom. The van der Waals surface area contributed by atoms with Crippen molar-refractivity contribution in [2.45, 2.75) is 6.10 Å². The Morgan fingerprint density at radius 2 is 1.77 bits per heavy atom. The van der Waals surface area contributed by atoms with Gasteiger partial charge in [0.05, 0.1) is 0 Å². The predicted octanol–water partition coefficient (Wildman–Crippen LogP) is 4.35. The molecule has 22 heavy (non-hydrogen) atoms. The van der Waals surface area contributed by atoms with Crippen molar-refractivity contribution in [3.8, 4) is 0 Å². The molecule has 110 valence electrons. The van der Waals surface area contributed by atoms with E-state index in [-0.39, 0.29) is 11.8 Å². The zero-order valence-electron chi connectivity index (χ0n) is 12.0. The van der Waals surface area contributed by atoms with E-state index in [0.717, 1.165) is 16.5 Å². The van der Waals surface area contributed by atoms with Crippen molar-refractivity contribution in [3.05, 3.63) is 77.6 Å². The van der Waals surface area contributed by atoms with Gasteiger partial charge in [-0.05, 0) is 40.1 Å². The van der Waals surface area contributed by atoms with E-state index in [1.165, 1.54) is 5.39 Å². The summed E-state index contributed by atoms with van der Waals surface area (Å²) in [4.78, 5) is 15.2. The number of carbonyl (C=O) groups excluding carboxylic acids is 1. The first-order chi connectivity index (χ1) is 10.7. The number of hydrogen-bond acceptors (Lipinski definition) is 3. The monoisotopic (exact) mass is 311 g/mol. The summed E-state index contributed by atoms with van der Waals surface area (Å²) in [7, 11) is 1.65. The van der Waals surface area contributed by atoms with Crippen molar-refractivity contribution >= 4 is 27.6 Å².